The summed E-state index contributed by atoms with van der Waals surface area (Å²) in [5.41, 5.74) is 1.03. The van der Waals surface area contributed by atoms with Crippen LogP contribution in [0.25, 0.3) is 11.4 Å². The van der Waals surface area contributed by atoms with Gasteiger partial charge in [-0.05, 0) is 6.92 Å². The first kappa shape index (κ1) is 12.4. The number of nitrogens with one attached hydrogen (secondary N) is 1. The third-order valence-corrected chi connectivity index (χ3v) is 2.87. The van der Waals surface area contributed by atoms with Gasteiger partial charge >= 0.3 is 0 Å². The van der Waals surface area contributed by atoms with Gasteiger partial charge in [0.15, 0.2) is 5.82 Å². The minimum absolute atomic E-state index is 0.748. The van der Waals surface area contributed by atoms with Crippen LogP contribution >= 0.6 is 0 Å². The lowest BCUT2D eigenvalue weighted by atomic mass is 10.2. The summed E-state index contributed by atoms with van der Waals surface area (Å²) < 4.78 is 0. The molecule has 18 heavy (non-hydrogen) atoms. The predicted molar refractivity (Wildman–Crippen MR) is 76.0 cm³/mol. The van der Waals surface area contributed by atoms with Crippen molar-refractivity contribution >= 4 is 11.6 Å². The van der Waals surface area contributed by atoms with E-state index in [2.05, 4.69) is 27.1 Å². The molecule has 0 aliphatic heterocycles. The highest BCUT2D eigenvalue weighted by atomic mass is 15.2. The monoisotopic (exact) mass is 242 g/mol. The van der Waals surface area contributed by atoms with E-state index in [0.717, 1.165) is 29.6 Å². The molecule has 1 heterocycles. The highest BCUT2D eigenvalue weighted by molar-refractivity contribution is 5.61. The van der Waals surface area contributed by atoms with Gasteiger partial charge < -0.3 is 10.2 Å². The van der Waals surface area contributed by atoms with Crippen LogP contribution in [-0.4, -0.2) is 30.6 Å². The molecule has 0 fully saturated rings. The lowest BCUT2D eigenvalue weighted by Gasteiger charge is -2.17. The van der Waals surface area contributed by atoms with E-state index in [1.165, 1.54) is 0 Å². The van der Waals surface area contributed by atoms with Gasteiger partial charge in [0.1, 0.15) is 11.6 Å². The molecular formula is C14H18N4. The summed E-state index contributed by atoms with van der Waals surface area (Å²) in [5.74, 6) is 2.51. The van der Waals surface area contributed by atoms with Gasteiger partial charge in [-0.1, -0.05) is 30.3 Å². The Bertz CT molecular complexity index is 510. The molecule has 0 aliphatic carbocycles. The van der Waals surface area contributed by atoms with Gasteiger partial charge in [0.25, 0.3) is 0 Å². The highest BCUT2D eigenvalue weighted by Crippen LogP contribution is 2.21. The van der Waals surface area contributed by atoms with Crippen molar-refractivity contribution in [3.8, 4) is 11.4 Å². The van der Waals surface area contributed by atoms with Crippen molar-refractivity contribution in [1.29, 1.82) is 0 Å². The van der Waals surface area contributed by atoms with Gasteiger partial charge in [-0.3, -0.25) is 0 Å². The molecule has 0 amide bonds. The Morgan fingerprint density at radius 1 is 1.17 bits per heavy atom. The lowest BCUT2D eigenvalue weighted by Crippen LogP contribution is -2.18. The SMILES string of the molecule is CCN(C)c1cc(NC)nc(-c2ccccc2)n1. The summed E-state index contributed by atoms with van der Waals surface area (Å²) in [6.45, 7) is 3.01. The molecule has 0 saturated heterocycles. The molecule has 1 aromatic carbocycles. The van der Waals surface area contributed by atoms with Crippen LogP contribution in [0.2, 0.25) is 0 Å². The minimum atomic E-state index is 0.748. The molecule has 94 valence electrons. The Kier molecular flexibility index (Phi) is 3.77. The molecule has 1 N–H and O–H groups in total. The van der Waals surface area contributed by atoms with Gasteiger partial charge in [0.05, 0.1) is 0 Å². The van der Waals surface area contributed by atoms with Crippen LogP contribution in [0.3, 0.4) is 0 Å². The maximum atomic E-state index is 4.60. The summed E-state index contributed by atoms with van der Waals surface area (Å²) >= 11 is 0. The van der Waals surface area contributed by atoms with E-state index in [9.17, 15) is 0 Å². The van der Waals surface area contributed by atoms with E-state index in [1.54, 1.807) is 0 Å². The Labute approximate surface area is 108 Å². The lowest BCUT2D eigenvalue weighted by molar-refractivity contribution is 0.931. The quantitative estimate of drug-likeness (QED) is 0.895. The second-order valence-corrected chi connectivity index (χ2v) is 4.07. The van der Waals surface area contributed by atoms with Crippen molar-refractivity contribution in [1.82, 2.24) is 9.97 Å². The zero-order valence-electron chi connectivity index (χ0n) is 11.0. The van der Waals surface area contributed by atoms with E-state index in [1.807, 2.05) is 50.5 Å². The highest BCUT2D eigenvalue weighted by Gasteiger charge is 2.08. The van der Waals surface area contributed by atoms with Crippen molar-refractivity contribution in [2.45, 2.75) is 6.92 Å². The summed E-state index contributed by atoms with van der Waals surface area (Å²) in [5, 5.41) is 3.08. The van der Waals surface area contributed by atoms with Crippen LogP contribution in [0.4, 0.5) is 11.6 Å². The first-order valence-corrected chi connectivity index (χ1v) is 6.08. The van der Waals surface area contributed by atoms with Gasteiger partial charge in [-0.25, -0.2) is 9.97 Å². The summed E-state index contributed by atoms with van der Waals surface area (Å²) in [6.07, 6.45) is 0. The van der Waals surface area contributed by atoms with Gasteiger partial charge in [-0.15, -0.1) is 0 Å². The Morgan fingerprint density at radius 2 is 1.89 bits per heavy atom. The number of hydrogen-bond donors (Lipinski definition) is 1. The third-order valence-electron chi connectivity index (χ3n) is 2.87. The molecule has 0 unspecified atom stereocenters. The molecule has 0 aliphatic rings. The molecule has 2 rings (SSSR count). The maximum absolute atomic E-state index is 4.60. The average molecular weight is 242 g/mol. The number of anilines is 2. The number of nitrogens with zero attached hydrogens (tertiary/aromatic N) is 3. The van der Waals surface area contributed by atoms with Crippen molar-refractivity contribution in [2.75, 3.05) is 30.9 Å². The zero-order valence-corrected chi connectivity index (χ0v) is 11.0. The first-order chi connectivity index (χ1) is 8.74. The van der Waals surface area contributed by atoms with E-state index in [0.29, 0.717) is 0 Å². The van der Waals surface area contributed by atoms with Crippen molar-refractivity contribution in [3.05, 3.63) is 36.4 Å². The molecule has 0 bridgehead atoms. The largest absolute Gasteiger partial charge is 0.373 e. The Balaban J connectivity index is 2.48. The standard InChI is InChI=1S/C14H18N4/c1-4-18(3)13-10-12(15-2)16-14(17-13)11-8-6-5-7-9-11/h5-10H,4H2,1-3H3,(H,15,16,17). The van der Waals surface area contributed by atoms with Crippen LogP contribution in [-0.2, 0) is 0 Å². The number of benzene rings is 1. The zero-order chi connectivity index (χ0) is 13.0. The van der Waals surface area contributed by atoms with Crippen LogP contribution in [0, 0.1) is 0 Å². The van der Waals surface area contributed by atoms with Crippen LogP contribution in [0.5, 0.6) is 0 Å². The summed E-state index contributed by atoms with van der Waals surface area (Å²) in [7, 11) is 3.89. The van der Waals surface area contributed by atoms with Gasteiger partial charge in [0.2, 0.25) is 0 Å². The van der Waals surface area contributed by atoms with Crippen LogP contribution in [0.15, 0.2) is 36.4 Å². The fourth-order valence-electron chi connectivity index (χ4n) is 1.64. The smallest absolute Gasteiger partial charge is 0.163 e. The normalized spacial score (nSPS) is 10.2. The van der Waals surface area contributed by atoms with Crippen molar-refractivity contribution in [2.24, 2.45) is 0 Å². The molecule has 0 atom stereocenters. The average Bonchev–Trinajstić information content (AvgIpc) is 2.46. The van der Waals surface area contributed by atoms with Crippen molar-refractivity contribution < 1.29 is 0 Å². The molecule has 0 radical (unpaired) electrons. The number of hydrogen-bond acceptors (Lipinski definition) is 4. The van der Waals surface area contributed by atoms with Crippen molar-refractivity contribution in [3.63, 3.8) is 0 Å². The van der Waals surface area contributed by atoms with Crippen LogP contribution in [0.1, 0.15) is 6.92 Å². The number of rotatable bonds is 4. The maximum Gasteiger partial charge on any atom is 0.163 e. The molecule has 1 aromatic heterocycles. The topological polar surface area (TPSA) is 41.0 Å². The summed E-state index contributed by atoms with van der Waals surface area (Å²) in [4.78, 5) is 11.2. The molecule has 4 nitrogen and oxygen atoms in total. The fraction of sp³-hybridized carbons (Fsp3) is 0.286. The second-order valence-electron chi connectivity index (χ2n) is 4.07. The fourth-order valence-corrected chi connectivity index (χ4v) is 1.64. The molecule has 0 spiro atoms. The molecule has 4 heteroatoms. The Hall–Kier alpha value is -2.10. The molecule has 0 saturated carbocycles. The minimum Gasteiger partial charge on any atom is -0.373 e. The van der Waals surface area contributed by atoms with E-state index in [-0.39, 0.29) is 0 Å². The van der Waals surface area contributed by atoms with Crippen LogP contribution < -0.4 is 10.2 Å². The molecule has 2 aromatic rings. The van der Waals surface area contributed by atoms with Gasteiger partial charge in [0, 0.05) is 32.3 Å². The third kappa shape index (κ3) is 2.59. The number of aromatic nitrogens is 2. The first-order valence-electron chi connectivity index (χ1n) is 6.08. The Morgan fingerprint density at radius 3 is 2.50 bits per heavy atom. The van der Waals surface area contributed by atoms with E-state index < -0.39 is 0 Å². The molecular weight excluding hydrogens is 224 g/mol. The van der Waals surface area contributed by atoms with E-state index >= 15 is 0 Å². The van der Waals surface area contributed by atoms with E-state index in [4.69, 9.17) is 0 Å². The predicted octanol–water partition coefficient (Wildman–Crippen LogP) is 2.64. The second kappa shape index (κ2) is 5.49. The summed E-state index contributed by atoms with van der Waals surface area (Å²) in [6, 6.07) is 12.0. The van der Waals surface area contributed by atoms with Gasteiger partial charge in [-0.2, -0.15) is 0 Å².